The van der Waals surface area contributed by atoms with Gasteiger partial charge in [-0.1, -0.05) is 13.8 Å². The summed E-state index contributed by atoms with van der Waals surface area (Å²) in [6, 6.07) is 0.209. The lowest BCUT2D eigenvalue weighted by molar-refractivity contribution is -0.131. The van der Waals surface area contributed by atoms with Gasteiger partial charge in [-0.15, -0.1) is 0 Å². The van der Waals surface area contributed by atoms with Gasteiger partial charge in [-0.2, -0.15) is 0 Å². The minimum atomic E-state index is -0.0295. The first-order valence-corrected chi connectivity index (χ1v) is 8.44. The zero-order chi connectivity index (χ0) is 17.3. The number of ketones is 1. The molecule has 1 aliphatic heterocycles. The van der Waals surface area contributed by atoms with E-state index in [1.807, 2.05) is 11.8 Å². The van der Waals surface area contributed by atoms with Crippen molar-refractivity contribution in [2.24, 2.45) is 0 Å². The van der Waals surface area contributed by atoms with Crippen LogP contribution in [0.3, 0.4) is 0 Å². The first-order valence-electron chi connectivity index (χ1n) is 8.44. The van der Waals surface area contributed by atoms with Crippen molar-refractivity contribution in [3.05, 3.63) is 18.0 Å². The molecule has 2 aromatic heterocycles. The van der Waals surface area contributed by atoms with Crippen LogP contribution in [0.15, 0.2) is 12.4 Å². The normalized spacial score (nSPS) is 18.2. The van der Waals surface area contributed by atoms with E-state index in [-0.39, 0.29) is 17.7 Å². The summed E-state index contributed by atoms with van der Waals surface area (Å²) in [5.74, 6) is 0.928. The lowest BCUT2D eigenvalue weighted by Crippen LogP contribution is -2.54. The van der Waals surface area contributed by atoms with Gasteiger partial charge in [-0.25, -0.2) is 9.97 Å². The van der Waals surface area contributed by atoms with Crippen molar-refractivity contribution >= 4 is 28.7 Å². The Morgan fingerprint density at radius 1 is 1.33 bits per heavy atom. The zero-order valence-corrected chi connectivity index (χ0v) is 14.4. The van der Waals surface area contributed by atoms with Crippen LogP contribution in [-0.4, -0.2) is 57.2 Å². The van der Waals surface area contributed by atoms with Crippen molar-refractivity contribution in [1.82, 2.24) is 19.9 Å². The average molecular weight is 329 g/mol. The van der Waals surface area contributed by atoms with Crippen LogP contribution >= 0.6 is 0 Å². The van der Waals surface area contributed by atoms with Crippen molar-refractivity contribution in [3.8, 4) is 0 Å². The molecule has 0 radical (unpaired) electrons. The predicted molar refractivity (Wildman–Crippen MR) is 92.2 cm³/mol. The zero-order valence-electron chi connectivity index (χ0n) is 14.4. The molecule has 0 unspecified atom stereocenters. The molecule has 0 aromatic carbocycles. The van der Waals surface area contributed by atoms with E-state index in [0.717, 1.165) is 18.8 Å². The Morgan fingerprint density at radius 2 is 2.12 bits per heavy atom. The lowest BCUT2D eigenvalue weighted by Gasteiger charge is -2.41. The standard InChI is InChI=1S/C17H23N5O2/c1-4-12-10-21(15(24)5-2)6-7-22(12)14-9-19-17-16(20-14)13(8-18-17)11(3)23/h8-9,12H,4-7,10H2,1-3H3,(H,18,19)/t12-/m0/s1. The number of piperazine rings is 1. The summed E-state index contributed by atoms with van der Waals surface area (Å²) in [5.41, 5.74) is 1.80. The van der Waals surface area contributed by atoms with Crippen molar-refractivity contribution in [3.63, 3.8) is 0 Å². The van der Waals surface area contributed by atoms with E-state index in [1.54, 1.807) is 12.4 Å². The fraction of sp³-hybridized carbons (Fsp3) is 0.529. The first-order chi connectivity index (χ1) is 11.5. The number of nitrogens with one attached hydrogen (secondary N) is 1. The summed E-state index contributed by atoms with van der Waals surface area (Å²) in [6.45, 7) is 7.65. The second-order valence-electron chi connectivity index (χ2n) is 6.13. The van der Waals surface area contributed by atoms with Gasteiger partial charge < -0.3 is 14.8 Å². The monoisotopic (exact) mass is 329 g/mol. The molecular formula is C17H23N5O2. The van der Waals surface area contributed by atoms with Crippen LogP contribution in [0.2, 0.25) is 0 Å². The topological polar surface area (TPSA) is 82.2 Å². The number of carbonyl (C=O) groups is 2. The first kappa shape index (κ1) is 16.4. The van der Waals surface area contributed by atoms with Crippen LogP contribution < -0.4 is 4.90 Å². The Balaban J connectivity index is 1.90. The van der Waals surface area contributed by atoms with Crippen LogP contribution in [0.1, 0.15) is 44.0 Å². The van der Waals surface area contributed by atoms with Crippen LogP contribution in [0.5, 0.6) is 0 Å². The molecule has 0 aliphatic carbocycles. The maximum atomic E-state index is 12.0. The number of nitrogens with zero attached hydrogens (tertiary/aromatic N) is 4. The van der Waals surface area contributed by atoms with E-state index in [0.29, 0.717) is 36.2 Å². The van der Waals surface area contributed by atoms with Crippen molar-refractivity contribution in [2.45, 2.75) is 39.7 Å². The molecule has 7 nitrogen and oxygen atoms in total. The third-order valence-corrected chi connectivity index (χ3v) is 4.65. The summed E-state index contributed by atoms with van der Waals surface area (Å²) in [7, 11) is 0. The summed E-state index contributed by atoms with van der Waals surface area (Å²) < 4.78 is 0. The van der Waals surface area contributed by atoms with E-state index >= 15 is 0 Å². The van der Waals surface area contributed by atoms with E-state index in [1.165, 1.54) is 6.92 Å². The Labute approximate surface area is 141 Å². The van der Waals surface area contributed by atoms with E-state index in [9.17, 15) is 9.59 Å². The minimum absolute atomic E-state index is 0.0295. The molecule has 1 atom stereocenters. The predicted octanol–water partition coefficient (Wildman–Crippen LogP) is 2.00. The van der Waals surface area contributed by atoms with Gasteiger partial charge in [0, 0.05) is 38.3 Å². The Kier molecular flexibility index (Phi) is 4.51. The Morgan fingerprint density at radius 3 is 2.79 bits per heavy atom. The molecule has 0 bridgehead atoms. The van der Waals surface area contributed by atoms with Crippen molar-refractivity contribution < 1.29 is 9.59 Å². The molecule has 0 saturated carbocycles. The van der Waals surface area contributed by atoms with Crippen molar-refractivity contribution in [1.29, 1.82) is 0 Å². The molecular weight excluding hydrogens is 306 g/mol. The number of carbonyl (C=O) groups excluding carboxylic acids is 2. The molecule has 2 aromatic rings. The number of rotatable bonds is 4. The summed E-state index contributed by atoms with van der Waals surface area (Å²) >= 11 is 0. The number of hydrogen-bond acceptors (Lipinski definition) is 5. The van der Waals surface area contributed by atoms with E-state index in [4.69, 9.17) is 0 Å². The van der Waals surface area contributed by atoms with Gasteiger partial charge in [0.25, 0.3) is 0 Å². The summed E-state index contributed by atoms with van der Waals surface area (Å²) in [6.07, 6.45) is 4.85. The van der Waals surface area contributed by atoms with E-state index in [2.05, 4.69) is 26.8 Å². The highest BCUT2D eigenvalue weighted by Crippen LogP contribution is 2.23. The molecule has 1 amide bonds. The molecule has 1 saturated heterocycles. The molecule has 24 heavy (non-hydrogen) atoms. The highest BCUT2D eigenvalue weighted by atomic mass is 16.2. The van der Waals surface area contributed by atoms with Gasteiger partial charge in [0.15, 0.2) is 11.4 Å². The maximum Gasteiger partial charge on any atom is 0.222 e. The van der Waals surface area contributed by atoms with Gasteiger partial charge in [-0.05, 0) is 13.3 Å². The number of fused-ring (bicyclic) bond motifs is 1. The summed E-state index contributed by atoms with van der Waals surface area (Å²) in [4.78, 5) is 39.9. The van der Waals surface area contributed by atoms with E-state index < -0.39 is 0 Å². The fourth-order valence-electron chi connectivity index (χ4n) is 3.25. The molecule has 1 aliphatic rings. The van der Waals surface area contributed by atoms with Crippen LogP contribution in [0.4, 0.5) is 5.82 Å². The van der Waals surface area contributed by atoms with Crippen LogP contribution in [0.25, 0.3) is 11.2 Å². The molecule has 3 rings (SSSR count). The molecule has 128 valence electrons. The number of anilines is 1. The number of H-pyrrole nitrogens is 1. The Hall–Kier alpha value is -2.44. The second-order valence-corrected chi connectivity index (χ2v) is 6.13. The summed E-state index contributed by atoms with van der Waals surface area (Å²) in [5, 5.41) is 0. The number of amides is 1. The molecule has 1 fully saturated rings. The molecule has 7 heteroatoms. The van der Waals surface area contributed by atoms with Gasteiger partial charge in [0.05, 0.1) is 11.8 Å². The number of aromatic nitrogens is 3. The maximum absolute atomic E-state index is 12.0. The SMILES string of the molecule is CCC(=O)N1CCN(c2cnc3[nH]cc(C(C)=O)c3n2)[C@@H](CC)C1. The van der Waals surface area contributed by atoms with Crippen LogP contribution in [0, 0.1) is 0 Å². The Bertz CT molecular complexity index is 769. The quantitative estimate of drug-likeness (QED) is 0.868. The minimum Gasteiger partial charge on any atom is -0.349 e. The number of Topliss-reactive ketones (excluding diaryl/α,β-unsaturated/α-hetero) is 1. The lowest BCUT2D eigenvalue weighted by atomic mass is 10.1. The van der Waals surface area contributed by atoms with Gasteiger partial charge >= 0.3 is 0 Å². The smallest absolute Gasteiger partial charge is 0.222 e. The molecule has 3 heterocycles. The third kappa shape index (κ3) is 2.86. The largest absolute Gasteiger partial charge is 0.349 e. The molecule has 1 N–H and O–H groups in total. The number of hydrogen-bond donors (Lipinski definition) is 1. The highest BCUT2D eigenvalue weighted by molar-refractivity contribution is 6.04. The number of aromatic amines is 1. The van der Waals surface area contributed by atoms with Gasteiger partial charge in [-0.3, -0.25) is 9.59 Å². The van der Waals surface area contributed by atoms with Crippen LogP contribution in [-0.2, 0) is 4.79 Å². The fourth-order valence-corrected chi connectivity index (χ4v) is 3.25. The second kappa shape index (κ2) is 6.59. The van der Waals surface area contributed by atoms with Gasteiger partial charge in [0.2, 0.25) is 5.91 Å². The van der Waals surface area contributed by atoms with Crippen molar-refractivity contribution in [2.75, 3.05) is 24.5 Å². The highest BCUT2D eigenvalue weighted by Gasteiger charge is 2.29. The molecule has 0 spiro atoms. The average Bonchev–Trinajstić information content (AvgIpc) is 3.03. The third-order valence-electron chi connectivity index (χ3n) is 4.65. The van der Waals surface area contributed by atoms with Gasteiger partial charge in [0.1, 0.15) is 11.3 Å².